The maximum absolute atomic E-state index is 3.61. The number of hydrogen-bond donors (Lipinski definition) is 1. The Morgan fingerprint density at radius 3 is 2.71 bits per heavy atom. The fourth-order valence-corrected chi connectivity index (χ4v) is 2.64. The van der Waals surface area contributed by atoms with E-state index in [0.717, 1.165) is 6.54 Å². The minimum absolute atomic E-state index is 0.494. The topological polar surface area (TPSA) is 12.0 Å². The lowest BCUT2D eigenvalue weighted by Gasteiger charge is -2.20. The van der Waals surface area contributed by atoms with E-state index in [1.165, 1.54) is 44.1 Å². The van der Waals surface area contributed by atoms with Gasteiger partial charge in [0.15, 0.2) is 0 Å². The largest absolute Gasteiger partial charge is 0.310 e. The van der Waals surface area contributed by atoms with Gasteiger partial charge in [-0.1, -0.05) is 31.5 Å². The van der Waals surface area contributed by atoms with E-state index in [1.807, 2.05) is 0 Å². The fraction of sp³-hybridized carbons (Fsp3) is 0.625. The van der Waals surface area contributed by atoms with Crippen molar-refractivity contribution < 1.29 is 0 Å². The molecule has 0 saturated carbocycles. The van der Waals surface area contributed by atoms with E-state index in [-0.39, 0.29) is 0 Å². The third kappa shape index (κ3) is 3.32. The highest BCUT2D eigenvalue weighted by Crippen LogP contribution is 2.24. The third-order valence-corrected chi connectivity index (χ3v) is 3.85. The van der Waals surface area contributed by atoms with E-state index >= 15 is 0 Å². The van der Waals surface area contributed by atoms with Gasteiger partial charge >= 0.3 is 0 Å². The Bertz CT molecular complexity index is 357. The van der Waals surface area contributed by atoms with Crippen LogP contribution in [-0.4, -0.2) is 6.54 Å². The van der Waals surface area contributed by atoms with Gasteiger partial charge < -0.3 is 5.32 Å². The Kier molecular flexibility index (Phi) is 4.61. The van der Waals surface area contributed by atoms with Crippen molar-refractivity contribution in [2.75, 3.05) is 6.54 Å². The van der Waals surface area contributed by atoms with E-state index in [1.54, 1.807) is 11.1 Å². The molecule has 17 heavy (non-hydrogen) atoms. The number of rotatable bonds is 5. The zero-order valence-electron chi connectivity index (χ0n) is 11.3. The highest BCUT2D eigenvalue weighted by Gasteiger charge is 2.11. The van der Waals surface area contributed by atoms with E-state index in [4.69, 9.17) is 0 Å². The highest BCUT2D eigenvalue weighted by molar-refractivity contribution is 5.35. The molecule has 0 fully saturated rings. The first-order valence-electron chi connectivity index (χ1n) is 7.16. The quantitative estimate of drug-likeness (QED) is 0.755. The summed E-state index contributed by atoms with van der Waals surface area (Å²) in [5.41, 5.74) is 4.64. The SMILES string of the molecule is CCCCNC(C)c1ccc2c(c1)CCCC2. The lowest BCUT2D eigenvalue weighted by Crippen LogP contribution is -2.20. The molecule has 1 aromatic carbocycles. The van der Waals surface area contributed by atoms with Crippen LogP contribution in [-0.2, 0) is 12.8 Å². The van der Waals surface area contributed by atoms with Gasteiger partial charge in [0.1, 0.15) is 0 Å². The van der Waals surface area contributed by atoms with Gasteiger partial charge in [-0.15, -0.1) is 0 Å². The normalized spacial score (nSPS) is 16.6. The summed E-state index contributed by atoms with van der Waals surface area (Å²) < 4.78 is 0. The molecule has 0 saturated heterocycles. The predicted octanol–water partition coefficient (Wildman–Crippen LogP) is 4.02. The van der Waals surface area contributed by atoms with Gasteiger partial charge in [-0.05, 0) is 62.3 Å². The first-order valence-corrected chi connectivity index (χ1v) is 7.16. The fourth-order valence-electron chi connectivity index (χ4n) is 2.64. The van der Waals surface area contributed by atoms with Crippen molar-refractivity contribution in [3.05, 3.63) is 34.9 Å². The van der Waals surface area contributed by atoms with Gasteiger partial charge in [0.25, 0.3) is 0 Å². The molecule has 2 rings (SSSR count). The molecule has 1 unspecified atom stereocenters. The van der Waals surface area contributed by atoms with Crippen LogP contribution < -0.4 is 5.32 Å². The van der Waals surface area contributed by atoms with Crippen LogP contribution in [0.1, 0.15) is 62.3 Å². The predicted molar refractivity (Wildman–Crippen MR) is 74.4 cm³/mol. The summed E-state index contributed by atoms with van der Waals surface area (Å²) >= 11 is 0. The number of fused-ring (bicyclic) bond motifs is 1. The van der Waals surface area contributed by atoms with Crippen LogP contribution in [0.15, 0.2) is 18.2 Å². The van der Waals surface area contributed by atoms with Gasteiger partial charge in [0, 0.05) is 6.04 Å². The van der Waals surface area contributed by atoms with Crippen LogP contribution in [0.25, 0.3) is 0 Å². The van der Waals surface area contributed by atoms with Crippen molar-refractivity contribution in [2.24, 2.45) is 0 Å². The minimum Gasteiger partial charge on any atom is -0.310 e. The molecule has 1 heteroatoms. The molecule has 0 spiro atoms. The summed E-state index contributed by atoms with van der Waals surface area (Å²) in [6.07, 6.45) is 7.85. The van der Waals surface area contributed by atoms with Crippen LogP contribution >= 0.6 is 0 Å². The van der Waals surface area contributed by atoms with Gasteiger partial charge in [0.2, 0.25) is 0 Å². The molecule has 1 nitrogen and oxygen atoms in total. The van der Waals surface area contributed by atoms with Crippen molar-refractivity contribution in [1.29, 1.82) is 0 Å². The first kappa shape index (κ1) is 12.6. The molecule has 0 bridgehead atoms. The standard InChI is InChI=1S/C16H25N/c1-3-4-11-17-13(2)15-10-9-14-7-5-6-8-16(14)12-15/h9-10,12-13,17H,3-8,11H2,1-2H3. The highest BCUT2D eigenvalue weighted by atomic mass is 14.9. The minimum atomic E-state index is 0.494. The maximum atomic E-state index is 3.61. The van der Waals surface area contributed by atoms with Crippen molar-refractivity contribution in [1.82, 2.24) is 5.32 Å². The molecule has 0 aromatic heterocycles. The molecule has 0 heterocycles. The average molecular weight is 231 g/mol. The molecular formula is C16H25N. The summed E-state index contributed by atoms with van der Waals surface area (Å²) in [4.78, 5) is 0. The lowest BCUT2D eigenvalue weighted by molar-refractivity contribution is 0.553. The lowest BCUT2D eigenvalue weighted by atomic mass is 9.89. The molecule has 0 radical (unpaired) electrons. The molecule has 1 aliphatic rings. The Balaban J connectivity index is 2.00. The maximum Gasteiger partial charge on any atom is 0.0291 e. The molecule has 1 atom stereocenters. The number of aryl methyl sites for hydroxylation is 2. The summed E-state index contributed by atoms with van der Waals surface area (Å²) in [5.74, 6) is 0. The van der Waals surface area contributed by atoms with Gasteiger partial charge in [-0.25, -0.2) is 0 Å². The molecule has 94 valence electrons. The van der Waals surface area contributed by atoms with E-state index in [0.29, 0.717) is 6.04 Å². The van der Waals surface area contributed by atoms with Crippen LogP contribution in [0.3, 0.4) is 0 Å². The van der Waals surface area contributed by atoms with Gasteiger partial charge in [-0.3, -0.25) is 0 Å². The molecule has 1 aromatic rings. The number of unbranched alkanes of at least 4 members (excludes halogenated alkanes) is 1. The van der Waals surface area contributed by atoms with Crippen LogP contribution in [0.2, 0.25) is 0 Å². The molecule has 0 aliphatic heterocycles. The molecule has 1 N–H and O–H groups in total. The third-order valence-electron chi connectivity index (χ3n) is 3.85. The number of nitrogens with one attached hydrogen (secondary N) is 1. The van der Waals surface area contributed by atoms with Gasteiger partial charge in [0.05, 0.1) is 0 Å². The zero-order valence-corrected chi connectivity index (χ0v) is 11.3. The summed E-state index contributed by atoms with van der Waals surface area (Å²) in [5, 5.41) is 3.61. The second-order valence-corrected chi connectivity index (χ2v) is 5.26. The smallest absolute Gasteiger partial charge is 0.0291 e. The van der Waals surface area contributed by atoms with Crippen molar-refractivity contribution in [2.45, 2.75) is 58.4 Å². The van der Waals surface area contributed by atoms with Crippen molar-refractivity contribution in [3.63, 3.8) is 0 Å². The second-order valence-electron chi connectivity index (χ2n) is 5.26. The molecule has 1 aliphatic carbocycles. The van der Waals surface area contributed by atoms with Crippen LogP contribution in [0.4, 0.5) is 0 Å². The second kappa shape index (κ2) is 6.20. The van der Waals surface area contributed by atoms with Crippen LogP contribution in [0, 0.1) is 0 Å². The number of hydrogen-bond acceptors (Lipinski definition) is 1. The first-order chi connectivity index (χ1) is 8.31. The average Bonchev–Trinajstić information content (AvgIpc) is 2.38. The Morgan fingerprint density at radius 1 is 1.18 bits per heavy atom. The number of benzene rings is 1. The van der Waals surface area contributed by atoms with E-state index < -0.39 is 0 Å². The van der Waals surface area contributed by atoms with E-state index in [2.05, 4.69) is 37.4 Å². The zero-order chi connectivity index (χ0) is 12.1. The Hall–Kier alpha value is -0.820. The Morgan fingerprint density at radius 2 is 1.94 bits per heavy atom. The van der Waals surface area contributed by atoms with E-state index in [9.17, 15) is 0 Å². The van der Waals surface area contributed by atoms with Crippen molar-refractivity contribution >= 4 is 0 Å². The monoisotopic (exact) mass is 231 g/mol. The summed E-state index contributed by atoms with van der Waals surface area (Å²) in [6.45, 7) is 5.65. The molecule has 0 amide bonds. The molecular weight excluding hydrogens is 206 g/mol. The van der Waals surface area contributed by atoms with Crippen molar-refractivity contribution in [3.8, 4) is 0 Å². The van der Waals surface area contributed by atoms with Crippen LogP contribution in [0.5, 0.6) is 0 Å². The van der Waals surface area contributed by atoms with Gasteiger partial charge in [-0.2, -0.15) is 0 Å². The Labute approximate surface area is 106 Å². The summed E-state index contributed by atoms with van der Waals surface area (Å²) in [6, 6.07) is 7.59. The summed E-state index contributed by atoms with van der Waals surface area (Å²) in [7, 11) is 0.